The molecule has 5 rings (SSSR count). The Morgan fingerprint density at radius 2 is 1.82 bits per heavy atom. The molecule has 2 aliphatic carbocycles. The molecule has 2 heterocycles. The Labute approximate surface area is 168 Å². The maximum atomic E-state index is 9.57. The minimum atomic E-state index is -0.0973. The maximum absolute atomic E-state index is 9.57. The molecule has 2 aliphatic heterocycles. The smallest absolute Gasteiger partial charge is 0.0642 e. The Morgan fingerprint density at radius 1 is 1.11 bits per heavy atom. The fraction of sp³-hybridized carbons (Fsp3) is 0.696. The molecule has 0 aromatic heterocycles. The number of hydrogen-bond acceptors (Lipinski definition) is 5. The molecule has 4 aliphatic rings. The molecule has 5 nitrogen and oxygen atoms in total. The largest absolute Gasteiger partial charge is 0.393 e. The van der Waals surface area contributed by atoms with Gasteiger partial charge >= 0.3 is 0 Å². The average Bonchev–Trinajstić information content (AvgIpc) is 3.43. The zero-order valence-corrected chi connectivity index (χ0v) is 16.6. The van der Waals surface area contributed by atoms with Crippen molar-refractivity contribution in [2.24, 2.45) is 0 Å². The van der Waals surface area contributed by atoms with E-state index in [2.05, 4.69) is 51.5 Å². The summed E-state index contributed by atoms with van der Waals surface area (Å²) < 4.78 is 0. The summed E-state index contributed by atoms with van der Waals surface area (Å²) in [6, 6.07) is 15.2. The van der Waals surface area contributed by atoms with Crippen LogP contribution < -0.4 is 5.32 Å². The Kier molecular flexibility index (Phi) is 4.92. The summed E-state index contributed by atoms with van der Waals surface area (Å²) in [7, 11) is 0. The van der Waals surface area contributed by atoms with E-state index < -0.39 is 0 Å². The number of piperidine rings is 1. The second-order valence-corrected chi connectivity index (χ2v) is 9.53. The van der Waals surface area contributed by atoms with Crippen LogP contribution in [0.4, 0.5) is 0 Å². The SMILES string of the molecule is N#CCC1(N2CCC(N[C@@H]3CC3c3ccccc3)CC2)CN(C2CC(O)C2)C1. The Bertz CT molecular complexity index is 712. The molecule has 1 aromatic rings. The van der Waals surface area contributed by atoms with Gasteiger partial charge in [-0.25, -0.2) is 0 Å². The second-order valence-electron chi connectivity index (χ2n) is 9.53. The molecule has 2 saturated carbocycles. The fourth-order valence-corrected chi connectivity index (χ4v) is 5.67. The van der Waals surface area contributed by atoms with Gasteiger partial charge in [-0.05, 0) is 37.7 Å². The predicted molar refractivity (Wildman–Crippen MR) is 109 cm³/mol. The van der Waals surface area contributed by atoms with Crippen LogP contribution in [0.1, 0.15) is 50.0 Å². The van der Waals surface area contributed by atoms with Gasteiger partial charge in [0.05, 0.1) is 24.1 Å². The summed E-state index contributed by atoms with van der Waals surface area (Å²) >= 11 is 0. The van der Waals surface area contributed by atoms with Crippen LogP contribution in [0.15, 0.2) is 30.3 Å². The number of benzene rings is 1. The third kappa shape index (κ3) is 3.48. The first-order chi connectivity index (χ1) is 13.7. The number of rotatable bonds is 6. The number of nitrogens with zero attached hydrogens (tertiary/aromatic N) is 3. The first-order valence-corrected chi connectivity index (χ1v) is 11.0. The lowest BCUT2D eigenvalue weighted by Crippen LogP contribution is -2.74. The third-order valence-corrected chi connectivity index (χ3v) is 7.64. The molecule has 1 aromatic carbocycles. The van der Waals surface area contributed by atoms with Crippen molar-refractivity contribution < 1.29 is 5.11 Å². The Morgan fingerprint density at radius 3 is 2.46 bits per heavy atom. The van der Waals surface area contributed by atoms with Crippen molar-refractivity contribution in [1.82, 2.24) is 15.1 Å². The van der Waals surface area contributed by atoms with Gasteiger partial charge in [-0.2, -0.15) is 5.26 Å². The van der Waals surface area contributed by atoms with Crippen molar-refractivity contribution in [2.45, 2.75) is 74.2 Å². The van der Waals surface area contributed by atoms with Gasteiger partial charge in [-0.1, -0.05) is 30.3 Å². The highest BCUT2D eigenvalue weighted by molar-refractivity contribution is 5.27. The average molecular weight is 381 g/mol. The lowest BCUT2D eigenvalue weighted by atomic mass is 9.77. The van der Waals surface area contributed by atoms with Gasteiger partial charge in [-0.3, -0.25) is 9.80 Å². The molecule has 4 fully saturated rings. The number of aliphatic hydroxyl groups excluding tert-OH is 1. The molecule has 0 amide bonds. The van der Waals surface area contributed by atoms with Crippen LogP contribution in [0, 0.1) is 11.3 Å². The topological polar surface area (TPSA) is 62.5 Å². The van der Waals surface area contributed by atoms with Crippen molar-refractivity contribution in [3.8, 4) is 6.07 Å². The zero-order chi connectivity index (χ0) is 19.1. The zero-order valence-electron chi connectivity index (χ0n) is 16.6. The number of likely N-dealkylation sites (tertiary alicyclic amines) is 2. The van der Waals surface area contributed by atoms with Crippen LogP contribution in [0.3, 0.4) is 0 Å². The van der Waals surface area contributed by atoms with E-state index in [0.29, 0.717) is 30.5 Å². The van der Waals surface area contributed by atoms with E-state index >= 15 is 0 Å². The monoisotopic (exact) mass is 380 g/mol. The molecule has 0 bridgehead atoms. The van der Waals surface area contributed by atoms with Crippen LogP contribution in [0.2, 0.25) is 0 Å². The molecular weight excluding hydrogens is 348 g/mol. The Hall–Kier alpha value is -1.45. The van der Waals surface area contributed by atoms with Crippen molar-refractivity contribution >= 4 is 0 Å². The van der Waals surface area contributed by atoms with Crippen molar-refractivity contribution in [1.29, 1.82) is 5.26 Å². The molecular formula is C23H32N4O. The van der Waals surface area contributed by atoms with Crippen molar-refractivity contribution in [3.05, 3.63) is 35.9 Å². The highest BCUT2D eigenvalue weighted by Gasteiger charge is 2.52. The minimum absolute atomic E-state index is 0.0619. The molecule has 0 spiro atoms. The fourth-order valence-electron chi connectivity index (χ4n) is 5.67. The number of hydrogen-bond donors (Lipinski definition) is 2. The molecule has 5 heteroatoms. The predicted octanol–water partition coefficient (Wildman–Crippen LogP) is 2.09. The third-order valence-electron chi connectivity index (χ3n) is 7.64. The van der Waals surface area contributed by atoms with E-state index in [4.69, 9.17) is 0 Å². The van der Waals surface area contributed by atoms with Gasteiger partial charge in [-0.15, -0.1) is 0 Å². The summed E-state index contributed by atoms with van der Waals surface area (Å²) in [6.45, 7) is 4.22. The summed E-state index contributed by atoms with van der Waals surface area (Å²) in [4.78, 5) is 5.09. The van der Waals surface area contributed by atoms with Crippen LogP contribution in [-0.4, -0.2) is 70.9 Å². The van der Waals surface area contributed by atoms with E-state index in [1.165, 1.54) is 24.8 Å². The van der Waals surface area contributed by atoms with E-state index in [0.717, 1.165) is 39.0 Å². The van der Waals surface area contributed by atoms with Crippen LogP contribution in [0.5, 0.6) is 0 Å². The summed E-state index contributed by atoms with van der Waals surface area (Å²) in [5.74, 6) is 0.696. The first-order valence-electron chi connectivity index (χ1n) is 11.0. The molecule has 150 valence electrons. The number of nitrogens with one attached hydrogen (secondary N) is 1. The summed E-state index contributed by atoms with van der Waals surface area (Å²) in [5, 5.41) is 22.9. The van der Waals surface area contributed by atoms with Gasteiger partial charge in [0, 0.05) is 50.2 Å². The molecule has 28 heavy (non-hydrogen) atoms. The van der Waals surface area contributed by atoms with Gasteiger partial charge in [0.15, 0.2) is 0 Å². The number of nitriles is 1. The van der Waals surface area contributed by atoms with E-state index in [1.54, 1.807) is 0 Å². The number of aliphatic hydroxyl groups is 1. The molecule has 2 saturated heterocycles. The van der Waals surface area contributed by atoms with Gasteiger partial charge in [0.2, 0.25) is 0 Å². The molecule has 0 radical (unpaired) electrons. The highest BCUT2D eigenvalue weighted by Crippen LogP contribution is 2.42. The van der Waals surface area contributed by atoms with Crippen LogP contribution >= 0.6 is 0 Å². The first kappa shape index (κ1) is 18.6. The summed E-state index contributed by atoms with van der Waals surface area (Å²) in [5.41, 5.74) is 1.54. The summed E-state index contributed by atoms with van der Waals surface area (Å²) in [6.07, 6.45) is 6.01. The van der Waals surface area contributed by atoms with E-state index in [9.17, 15) is 10.4 Å². The van der Waals surface area contributed by atoms with E-state index in [1.807, 2.05) is 0 Å². The minimum Gasteiger partial charge on any atom is -0.393 e. The van der Waals surface area contributed by atoms with Crippen LogP contribution in [-0.2, 0) is 0 Å². The van der Waals surface area contributed by atoms with Gasteiger partial charge in [0.1, 0.15) is 0 Å². The Balaban J connectivity index is 1.10. The lowest BCUT2D eigenvalue weighted by Gasteiger charge is -2.60. The highest BCUT2D eigenvalue weighted by atomic mass is 16.3. The quantitative estimate of drug-likeness (QED) is 0.791. The molecule has 2 N–H and O–H groups in total. The molecule has 1 unspecified atom stereocenters. The molecule has 2 atom stereocenters. The lowest BCUT2D eigenvalue weighted by molar-refractivity contribution is -0.116. The van der Waals surface area contributed by atoms with E-state index in [-0.39, 0.29) is 11.6 Å². The maximum Gasteiger partial charge on any atom is 0.0642 e. The van der Waals surface area contributed by atoms with Crippen molar-refractivity contribution in [3.63, 3.8) is 0 Å². The van der Waals surface area contributed by atoms with Gasteiger partial charge in [0.25, 0.3) is 0 Å². The van der Waals surface area contributed by atoms with Crippen LogP contribution in [0.25, 0.3) is 0 Å². The standard InChI is InChI=1S/C23H32N4O/c24-9-8-23(15-26(16-23)19-12-20(28)13-19)27-10-6-18(7-11-27)25-22-14-21(22)17-4-2-1-3-5-17/h1-5,18-22,25,28H,6-8,10-16H2/t19?,20?,21?,22-/m1/s1. The van der Waals surface area contributed by atoms with Crippen molar-refractivity contribution in [2.75, 3.05) is 26.2 Å². The van der Waals surface area contributed by atoms with Gasteiger partial charge < -0.3 is 10.4 Å². The normalized spacial score (nSPS) is 35.6. The second kappa shape index (κ2) is 7.42.